The number of esters is 1. The summed E-state index contributed by atoms with van der Waals surface area (Å²) in [5.74, 6) is -0.104. The van der Waals surface area contributed by atoms with Crippen molar-refractivity contribution in [3.8, 4) is 0 Å². The van der Waals surface area contributed by atoms with Gasteiger partial charge in [0.2, 0.25) is 0 Å². The summed E-state index contributed by atoms with van der Waals surface area (Å²) in [6.45, 7) is 7.58. The molecule has 0 radical (unpaired) electrons. The van der Waals surface area contributed by atoms with Crippen molar-refractivity contribution in [2.75, 3.05) is 13.1 Å². The molecule has 0 aromatic heterocycles. The third kappa shape index (κ3) is 4.07. The van der Waals surface area contributed by atoms with Crippen molar-refractivity contribution >= 4 is 5.97 Å². The lowest BCUT2D eigenvalue weighted by Gasteiger charge is -2.37. The average molecular weight is 265 g/mol. The van der Waals surface area contributed by atoms with E-state index in [1.165, 1.54) is 32.1 Å². The predicted molar refractivity (Wildman–Crippen MR) is 76.9 cm³/mol. The second kappa shape index (κ2) is 6.08. The van der Waals surface area contributed by atoms with E-state index in [4.69, 9.17) is 4.74 Å². The van der Waals surface area contributed by atoms with E-state index < -0.39 is 5.41 Å². The number of carbonyl (C=O) groups excluding carboxylic acids is 1. The second-order valence-corrected chi connectivity index (χ2v) is 6.87. The minimum Gasteiger partial charge on any atom is -0.456 e. The molecule has 0 N–H and O–H groups in total. The maximum absolute atomic E-state index is 11.9. The third-order valence-corrected chi connectivity index (χ3v) is 4.07. The van der Waals surface area contributed by atoms with Crippen LogP contribution < -0.4 is 0 Å². The summed E-state index contributed by atoms with van der Waals surface area (Å²) in [6, 6.07) is 0.689. The molecule has 1 aliphatic carbocycles. The molecule has 0 amide bonds. The minimum atomic E-state index is -0.416. The second-order valence-electron chi connectivity index (χ2n) is 6.87. The molecule has 1 fully saturated rings. The van der Waals surface area contributed by atoms with Crippen LogP contribution in [0, 0.1) is 5.41 Å². The third-order valence-electron chi connectivity index (χ3n) is 4.07. The van der Waals surface area contributed by atoms with E-state index in [2.05, 4.69) is 11.0 Å². The van der Waals surface area contributed by atoms with Gasteiger partial charge in [-0.1, -0.05) is 25.3 Å². The minimum absolute atomic E-state index is 0.0672. The van der Waals surface area contributed by atoms with Gasteiger partial charge in [0.1, 0.15) is 6.10 Å². The zero-order valence-electron chi connectivity index (χ0n) is 12.5. The van der Waals surface area contributed by atoms with Crippen LogP contribution in [0.3, 0.4) is 0 Å². The van der Waals surface area contributed by atoms with Gasteiger partial charge in [0.15, 0.2) is 0 Å². The summed E-state index contributed by atoms with van der Waals surface area (Å²) >= 11 is 0. The van der Waals surface area contributed by atoms with Crippen molar-refractivity contribution in [3.05, 3.63) is 12.2 Å². The molecule has 2 aliphatic rings. The summed E-state index contributed by atoms with van der Waals surface area (Å²) in [5, 5.41) is 0. The standard InChI is InChI=1S/C16H27NO2/c1-16(2,3)15(18)19-14-10-7-11-17(12-14)13-8-5-4-6-9-13/h7,10,13-14H,4-6,8-9,11-12H2,1-3H3. The number of carbonyl (C=O) groups is 1. The van der Waals surface area contributed by atoms with E-state index in [-0.39, 0.29) is 12.1 Å². The first-order chi connectivity index (χ1) is 8.97. The van der Waals surface area contributed by atoms with Crippen LogP contribution in [0.5, 0.6) is 0 Å². The Labute approximate surface area is 117 Å². The first kappa shape index (κ1) is 14.6. The Morgan fingerprint density at radius 2 is 1.89 bits per heavy atom. The van der Waals surface area contributed by atoms with Crippen LogP contribution in [-0.2, 0) is 9.53 Å². The van der Waals surface area contributed by atoms with Gasteiger partial charge in [-0.15, -0.1) is 0 Å². The highest BCUT2D eigenvalue weighted by Crippen LogP contribution is 2.25. The van der Waals surface area contributed by atoms with E-state index in [1.807, 2.05) is 26.8 Å². The number of ether oxygens (including phenoxy) is 1. The molecule has 3 nitrogen and oxygen atoms in total. The van der Waals surface area contributed by atoms with Crippen LogP contribution in [0.4, 0.5) is 0 Å². The summed E-state index contributed by atoms with van der Waals surface area (Å²) in [6.07, 6.45) is 10.8. The topological polar surface area (TPSA) is 29.5 Å². The number of hydrogen-bond donors (Lipinski definition) is 0. The number of rotatable bonds is 2. The van der Waals surface area contributed by atoms with Crippen LogP contribution in [0.25, 0.3) is 0 Å². The number of hydrogen-bond acceptors (Lipinski definition) is 3. The van der Waals surface area contributed by atoms with Gasteiger partial charge in [0, 0.05) is 19.1 Å². The molecule has 19 heavy (non-hydrogen) atoms. The van der Waals surface area contributed by atoms with E-state index in [1.54, 1.807) is 0 Å². The molecule has 1 saturated carbocycles. The molecule has 3 heteroatoms. The largest absolute Gasteiger partial charge is 0.456 e. The van der Waals surface area contributed by atoms with Gasteiger partial charge in [-0.05, 0) is 39.7 Å². The quantitative estimate of drug-likeness (QED) is 0.567. The smallest absolute Gasteiger partial charge is 0.311 e. The summed E-state index contributed by atoms with van der Waals surface area (Å²) in [7, 11) is 0. The molecule has 1 atom stereocenters. The van der Waals surface area contributed by atoms with Crippen LogP contribution >= 0.6 is 0 Å². The van der Waals surface area contributed by atoms with Gasteiger partial charge in [0.05, 0.1) is 5.41 Å². The summed E-state index contributed by atoms with van der Waals surface area (Å²) in [4.78, 5) is 14.4. The van der Waals surface area contributed by atoms with Gasteiger partial charge < -0.3 is 4.74 Å². The van der Waals surface area contributed by atoms with Crippen LogP contribution in [0.2, 0.25) is 0 Å². The Bertz CT molecular complexity index is 337. The van der Waals surface area contributed by atoms with E-state index in [9.17, 15) is 4.79 Å². The maximum Gasteiger partial charge on any atom is 0.311 e. The molecule has 1 heterocycles. The molecule has 0 aromatic rings. The first-order valence-corrected chi connectivity index (χ1v) is 7.58. The molecule has 1 unspecified atom stereocenters. The van der Waals surface area contributed by atoms with Crippen molar-refractivity contribution in [1.29, 1.82) is 0 Å². The zero-order valence-corrected chi connectivity index (χ0v) is 12.5. The molecule has 2 rings (SSSR count). The van der Waals surface area contributed by atoms with Crippen LogP contribution in [-0.4, -0.2) is 36.1 Å². The Morgan fingerprint density at radius 3 is 2.53 bits per heavy atom. The fourth-order valence-electron chi connectivity index (χ4n) is 2.85. The maximum atomic E-state index is 11.9. The molecule has 0 bridgehead atoms. The molecular weight excluding hydrogens is 238 g/mol. The van der Waals surface area contributed by atoms with Crippen molar-refractivity contribution < 1.29 is 9.53 Å². The summed E-state index contributed by atoms with van der Waals surface area (Å²) < 4.78 is 5.61. The van der Waals surface area contributed by atoms with Gasteiger partial charge in [-0.2, -0.15) is 0 Å². The van der Waals surface area contributed by atoms with Gasteiger partial charge in [-0.3, -0.25) is 9.69 Å². The Kier molecular flexibility index (Phi) is 4.67. The normalized spacial score (nSPS) is 26.4. The lowest BCUT2D eigenvalue weighted by Crippen LogP contribution is -2.45. The molecular formula is C16H27NO2. The van der Waals surface area contributed by atoms with Crippen molar-refractivity contribution in [1.82, 2.24) is 4.90 Å². The fourth-order valence-corrected chi connectivity index (χ4v) is 2.85. The molecule has 108 valence electrons. The molecule has 0 aromatic carbocycles. The van der Waals surface area contributed by atoms with Gasteiger partial charge in [-0.25, -0.2) is 0 Å². The van der Waals surface area contributed by atoms with Crippen molar-refractivity contribution in [3.63, 3.8) is 0 Å². The van der Waals surface area contributed by atoms with Gasteiger partial charge >= 0.3 is 5.97 Å². The van der Waals surface area contributed by atoms with E-state index in [0.29, 0.717) is 6.04 Å². The van der Waals surface area contributed by atoms with E-state index in [0.717, 1.165) is 13.1 Å². The van der Waals surface area contributed by atoms with Gasteiger partial charge in [0.25, 0.3) is 0 Å². The Balaban J connectivity index is 1.88. The predicted octanol–water partition coefficient (Wildman–Crippen LogP) is 3.15. The monoisotopic (exact) mass is 265 g/mol. The van der Waals surface area contributed by atoms with Crippen LogP contribution in [0.1, 0.15) is 52.9 Å². The van der Waals surface area contributed by atoms with Crippen molar-refractivity contribution in [2.45, 2.75) is 65.0 Å². The first-order valence-electron chi connectivity index (χ1n) is 7.58. The Morgan fingerprint density at radius 1 is 1.21 bits per heavy atom. The fraction of sp³-hybridized carbons (Fsp3) is 0.812. The van der Waals surface area contributed by atoms with Crippen LogP contribution in [0.15, 0.2) is 12.2 Å². The highest BCUT2D eigenvalue weighted by Gasteiger charge is 2.29. The molecule has 0 spiro atoms. The Hall–Kier alpha value is -0.830. The van der Waals surface area contributed by atoms with Crippen molar-refractivity contribution in [2.24, 2.45) is 5.41 Å². The SMILES string of the molecule is CC(C)(C)C(=O)OC1C=CCN(C2CCCCC2)C1. The average Bonchev–Trinajstić information content (AvgIpc) is 2.39. The lowest BCUT2D eigenvalue weighted by atomic mass is 9.93. The summed E-state index contributed by atoms with van der Waals surface area (Å²) in [5.41, 5.74) is -0.416. The van der Waals surface area contributed by atoms with E-state index >= 15 is 0 Å². The molecule has 1 aliphatic heterocycles. The zero-order chi connectivity index (χ0) is 13.9. The molecule has 0 saturated heterocycles. The lowest BCUT2D eigenvalue weighted by molar-refractivity contribution is -0.157. The highest BCUT2D eigenvalue weighted by molar-refractivity contribution is 5.75. The highest BCUT2D eigenvalue weighted by atomic mass is 16.5. The number of nitrogens with zero attached hydrogens (tertiary/aromatic N) is 1.